The first-order chi connectivity index (χ1) is 9.36. The fourth-order valence-electron chi connectivity index (χ4n) is 2.30. The van der Waals surface area contributed by atoms with Crippen LogP contribution in [0.15, 0.2) is 48.5 Å². The van der Waals surface area contributed by atoms with Crippen molar-refractivity contribution in [2.75, 3.05) is 13.2 Å². The topological polar surface area (TPSA) is 30.5 Å². The fraction of sp³-hybridized carbons (Fsp3) is 0.250. The van der Waals surface area contributed by atoms with Gasteiger partial charge in [-0.1, -0.05) is 25.1 Å². The van der Waals surface area contributed by atoms with Crippen LogP contribution in [0.1, 0.15) is 18.5 Å². The monoisotopic (exact) mass is 255 g/mol. The predicted molar refractivity (Wildman–Crippen MR) is 74.9 cm³/mol. The van der Waals surface area contributed by atoms with Crippen molar-refractivity contribution < 1.29 is 9.47 Å². The predicted octanol–water partition coefficient (Wildman–Crippen LogP) is 3.52. The highest BCUT2D eigenvalue weighted by Gasteiger charge is 2.23. The molecule has 1 heterocycles. The highest BCUT2D eigenvalue weighted by atomic mass is 16.5. The minimum Gasteiger partial charge on any atom is -0.491 e. The van der Waals surface area contributed by atoms with E-state index >= 15 is 0 Å². The van der Waals surface area contributed by atoms with E-state index < -0.39 is 0 Å². The normalized spacial score (nSPS) is 16.8. The van der Waals surface area contributed by atoms with Gasteiger partial charge in [0.25, 0.3) is 0 Å². The molecule has 0 spiro atoms. The third-order valence-electron chi connectivity index (χ3n) is 3.19. The highest BCUT2D eigenvalue weighted by Crippen LogP contribution is 2.36. The molecule has 2 aromatic rings. The number of hydrogen-bond acceptors (Lipinski definition) is 3. The fourth-order valence-corrected chi connectivity index (χ4v) is 2.30. The second-order valence-electron chi connectivity index (χ2n) is 4.54. The first kappa shape index (κ1) is 12.1. The zero-order valence-corrected chi connectivity index (χ0v) is 10.9. The van der Waals surface area contributed by atoms with Gasteiger partial charge in [0.05, 0.1) is 6.04 Å². The Morgan fingerprint density at radius 3 is 2.79 bits per heavy atom. The summed E-state index contributed by atoms with van der Waals surface area (Å²) >= 11 is 0. The maximum atomic E-state index is 5.85. The van der Waals surface area contributed by atoms with E-state index in [4.69, 9.17) is 9.47 Å². The number of fused-ring (bicyclic) bond motifs is 1. The number of ether oxygens (including phenoxy) is 2. The van der Waals surface area contributed by atoms with Crippen molar-refractivity contribution in [3.05, 3.63) is 54.1 Å². The van der Waals surface area contributed by atoms with Crippen LogP contribution in [0, 0.1) is 0 Å². The number of nitrogens with one attached hydrogen (secondary N) is 1. The molecule has 1 aliphatic rings. The van der Waals surface area contributed by atoms with Crippen LogP contribution in [0.25, 0.3) is 0 Å². The molecule has 0 fully saturated rings. The maximum Gasteiger partial charge on any atom is 0.128 e. The van der Waals surface area contributed by atoms with Gasteiger partial charge >= 0.3 is 0 Å². The quantitative estimate of drug-likeness (QED) is 0.906. The molecule has 98 valence electrons. The summed E-state index contributed by atoms with van der Waals surface area (Å²) in [5.74, 6) is 2.64. The molecule has 0 saturated carbocycles. The van der Waals surface area contributed by atoms with Crippen LogP contribution in [0.3, 0.4) is 0 Å². The maximum absolute atomic E-state index is 5.85. The molecule has 0 radical (unpaired) electrons. The Kier molecular flexibility index (Phi) is 3.38. The lowest BCUT2D eigenvalue weighted by molar-refractivity contribution is 0.313. The lowest BCUT2D eigenvalue weighted by Crippen LogP contribution is -2.21. The van der Waals surface area contributed by atoms with Crippen LogP contribution in [-0.2, 0) is 0 Å². The second kappa shape index (κ2) is 5.33. The van der Waals surface area contributed by atoms with Gasteiger partial charge in [-0.3, -0.25) is 0 Å². The Bertz CT molecular complexity index is 552. The van der Waals surface area contributed by atoms with Gasteiger partial charge in [-0.2, -0.15) is 0 Å². The molecule has 1 aliphatic heterocycles. The van der Waals surface area contributed by atoms with E-state index in [1.165, 1.54) is 5.56 Å². The molecule has 3 rings (SSSR count). The Morgan fingerprint density at radius 1 is 1.16 bits per heavy atom. The first-order valence-corrected chi connectivity index (χ1v) is 6.60. The van der Waals surface area contributed by atoms with E-state index in [2.05, 4.69) is 18.3 Å². The molecule has 0 saturated heterocycles. The van der Waals surface area contributed by atoms with Gasteiger partial charge in [-0.25, -0.2) is 0 Å². The minimum atomic E-state index is 0.263. The largest absolute Gasteiger partial charge is 0.491 e. The van der Waals surface area contributed by atoms with Crippen LogP contribution in [-0.4, -0.2) is 13.2 Å². The van der Waals surface area contributed by atoms with Gasteiger partial charge in [0.2, 0.25) is 0 Å². The molecule has 1 unspecified atom stereocenters. The molecular weight excluding hydrogens is 238 g/mol. The third kappa shape index (κ3) is 2.56. The Balaban J connectivity index is 1.83. The summed E-state index contributed by atoms with van der Waals surface area (Å²) in [5, 5.41) is 3.41. The summed E-state index contributed by atoms with van der Waals surface area (Å²) in [6.45, 7) is 3.72. The van der Waals surface area contributed by atoms with Crippen molar-refractivity contribution >= 4 is 0 Å². The minimum absolute atomic E-state index is 0.263. The molecule has 1 N–H and O–H groups in total. The van der Waals surface area contributed by atoms with Crippen molar-refractivity contribution in [2.24, 2.45) is 0 Å². The molecule has 3 nitrogen and oxygen atoms in total. The van der Waals surface area contributed by atoms with E-state index in [0.717, 1.165) is 23.8 Å². The zero-order chi connectivity index (χ0) is 13.1. The van der Waals surface area contributed by atoms with E-state index in [0.29, 0.717) is 6.61 Å². The summed E-state index contributed by atoms with van der Waals surface area (Å²) in [4.78, 5) is 0. The molecule has 0 amide bonds. The van der Waals surface area contributed by atoms with E-state index in [-0.39, 0.29) is 6.04 Å². The summed E-state index contributed by atoms with van der Waals surface area (Å²) < 4.78 is 11.5. The zero-order valence-electron chi connectivity index (χ0n) is 10.9. The third-order valence-corrected chi connectivity index (χ3v) is 3.19. The molecule has 1 atom stereocenters. The lowest BCUT2D eigenvalue weighted by atomic mass is 10.1. The van der Waals surface area contributed by atoms with Crippen LogP contribution < -0.4 is 14.8 Å². The van der Waals surface area contributed by atoms with E-state index in [1.807, 2.05) is 42.5 Å². The van der Waals surface area contributed by atoms with E-state index in [1.54, 1.807) is 0 Å². The number of benzene rings is 2. The molecule has 0 aliphatic carbocycles. The summed E-state index contributed by atoms with van der Waals surface area (Å²) in [6, 6.07) is 16.1. The molecule has 0 aromatic heterocycles. The van der Waals surface area contributed by atoms with Gasteiger partial charge < -0.3 is 14.8 Å². The smallest absolute Gasteiger partial charge is 0.128 e. The van der Waals surface area contributed by atoms with Crippen molar-refractivity contribution in [1.29, 1.82) is 0 Å². The van der Waals surface area contributed by atoms with Gasteiger partial charge in [-0.15, -0.1) is 0 Å². The van der Waals surface area contributed by atoms with Crippen LogP contribution in [0.4, 0.5) is 0 Å². The lowest BCUT2D eigenvalue weighted by Gasteiger charge is -2.11. The Morgan fingerprint density at radius 2 is 2.00 bits per heavy atom. The summed E-state index contributed by atoms with van der Waals surface area (Å²) in [6.07, 6.45) is 0. The van der Waals surface area contributed by atoms with E-state index in [9.17, 15) is 0 Å². The molecular formula is C16H17NO2. The second-order valence-corrected chi connectivity index (χ2v) is 4.54. The molecule has 2 aromatic carbocycles. The molecule has 0 bridgehead atoms. The number of rotatable bonds is 4. The summed E-state index contributed by atoms with van der Waals surface area (Å²) in [7, 11) is 0. The average molecular weight is 255 g/mol. The van der Waals surface area contributed by atoms with Crippen LogP contribution in [0.5, 0.6) is 17.2 Å². The highest BCUT2D eigenvalue weighted by molar-refractivity contribution is 5.46. The Hall–Kier alpha value is -2.00. The standard InChI is InChI=1S/C16H17NO2/c1-2-17-15-11-18-16-9-8-13(10-14(15)16)19-12-6-4-3-5-7-12/h3-10,15,17H,2,11H2,1H3. The van der Waals surface area contributed by atoms with Gasteiger partial charge in [-0.05, 0) is 36.9 Å². The van der Waals surface area contributed by atoms with Gasteiger partial charge in [0, 0.05) is 5.56 Å². The molecule has 19 heavy (non-hydrogen) atoms. The van der Waals surface area contributed by atoms with Crippen LogP contribution in [0.2, 0.25) is 0 Å². The summed E-state index contributed by atoms with van der Waals surface area (Å²) in [5.41, 5.74) is 1.18. The SMILES string of the molecule is CCNC1COc2ccc(Oc3ccccc3)cc21. The van der Waals surface area contributed by atoms with Gasteiger partial charge in [0.1, 0.15) is 23.9 Å². The number of para-hydroxylation sites is 1. The van der Waals surface area contributed by atoms with Crippen molar-refractivity contribution in [2.45, 2.75) is 13.0 Å². The first-order valence-electron chi connectivity index (χ1n) is 6.60. The average Bonchev–Trinajstić information content (AvgIpc) is 2.83. The van der Waals surface area contributed by atoms with Crippen molar-refractivity contribution in [1.82, 2.24) is 5.32 Å². The number of hydrogen-bond donors (Lipinski definition) is 1. The van der Waals surface area contributed by atoms with Crippen LogP contribution >= 0.6 is 0 Å². The van der Waals surface area contributed by atoms with Crippen molar-refractivity contribution in [3.8, 4) is 17.2 Å². The number of likely N-dealkylation sites (N-methyl/N-ethyl adjacent to an activating group) is 1. The molecule has 3 heteroatoms. The van der Waals surface area contributed by atoms with Gasteiger partial charge in [0.15, 0.2) is 0 Å². The Labute approximate surface area is 113 Å². The van der Waals surface area contributed by atoms with Crippen molar-refractivity contribution in [3.63, 3.8) is 0 Å².